The van der Waals surface area contributed by atoms with Crippen LogP contribution in [-0.2, 0) is 4.79 Å². The van der Waals surface area contributed by atoms with Gasteiger partial charge >= 0.3 is 0 Å². The largest absolute Gasteiger partial charge is 0.309 e. The van der Waals surface area contributed by atoms with E-state index in [0.29, 0.717) is 16.9 Å². The van der Waals surface area contributed by atoms with Crippen LogP contribution in [0.25, 0.3) is 11.0 Å². The molecule has 0 aliphatic carbocycles. The van der Waals surface area contributed by atoms with Crippen LogP contribution < -0.4 is 5.32 Å². The Balaban J connectivity index is 2.66. The first-order valence-electron chi connectivity index (χ1n) is 4.72. The van der Waals surface area contributed by atoms with E-state index in [9.17, 15) is 9.59 Å². The number of anilines is 1. The maximum Gasteiger partial charge on any atom is 0.245 e. The van der Waals surface area contributed by atoms with Crippen molar-refractivity contribution >= 4 is 28.7 Å². The number of rotatable bonds is 1. The van der Waals surface area contributed by atoms with E-state index in [4.69, 9.17) is 0 Å². The molecule has 16 heavy (non-hydrogen) atoms. The maximum absolute atomic E-state index is 11.3. The van der Waals surface area contributed by atoms with Crippen LogP contribution in [-0.4, -0.2) is 26.6 Å². The third-order valence-corrected chi connectivity index (χ3v) is 2.04. The highest BCUT2D eigenvalue weighted by molar-refractivity contribution is 6.00. The molecule has 0 bridgehead atoms. The minimum atomic E-state index is -0.250. The topological polar surface area (TPSA) is 76.9 Å². The number of carbonyl (C=O) groups excluding carboxylic acids is 2. The maximum atomic E-state index is 11.3. The van der Waals surface area contributed by atoms with Crippen LogP contribution in [0.2, 0.25) is 0 Å². The van der Waals surface area contributed by atoms with Crippen molar-refractivity contribution in [2.75, 3.05) is 5.32 Å². The Labute approximate surface area is 91.3 Å². The average Bonchev–Trinajstić information content (AvgIpc) is 2.57. The average molecular weight is 218 g/mol. The summed E-state index contributed by atoms with van der Waals surface area (Å²) < 4.78 is 1.17. The highest BCUT2D eigenvalue weighted by Crippen LogP contribution is 2.20. The van der Waals surface area contributed by atoms with E-state index in [1.165, 1.54) is 18.5 Å². The van der Waals surface area contributed by atoms with Crippen LogP contribution >= 0.6 is 0 Å². The third kappa shape index (κ3) is 1.65. The molecule has 2 aromatic rings. The second-order valence-corrected chi connectivity index (χ2v) is 3.34. The zero-order valence-corrected chi connectivity index (χ0v) is 8.89. The molecule has 2 rings (SSSR count). The predicted molar refractivity (Wildman–Crippen MR) is 58.1 cm³/mol. The summed E-state index contributed by atoms with van der Waals surface area (Å²) in [5.74, 6) is -0.134. The van der Waals surface area contributed by atoms with Crippen molar-refractivity contribution < 1.29 is 9.59 Å². The quantitative estimate of drug-likeness (QED) is 0.776. The molecule has 0 aliphatic rings. The van der Waals surface area contributed by atoms with Gasteiger partial charge in [-0.05, 0) is 12.1 Å². The summed E-state index contributed by atoms with van der Waals surface area (Å²) >= 11 is 0. The first-order chi connectivity index (χ1) is 7.59. The Hall–Kier alpha value is -2.24. The molecule has 0 fully saturated rings. The van der Waals surface area contributed by atoms with Gasteiger partial charge in [-0.15, -0.1) is 5.10 Å². The molecule has 0 atom stereocenters. The van der Waals surface area contributed by atoms with Gasteiger partial charge in [-0.2, -0.15) is 4.68 Å². The molecule has 2 heterocycles. The summed E-state index contributed by atoms with van der Waals surface area (Å²) in [6.45, 7) is 2.77. The van der Waals surface area contributed by atoms with Gasteiger partial charge in [0.15, 0.2) is 11.5 Å². The van der Waals surface area contributed by atoms with E-state index in [0.717, 1.165) is 0 Å². The van der Waals surface area contributed by atoms with Gasteiger partial charge in [-0.3, -0.25) is 9.59 Å². The molecule has 1 N–H and O–H groups in total. The van der Waals surface area contributed by atoms with Crippen LogP contribution in [0.3, 0.4) is 0 Å². The summed E-state index contributed by atoms with van der Waals surface area (Å²) in [6, 6.07) is 3.47. The number of hydrogen-bond acceptors (Lipinski definition) is 4. The molecule has 0 radical (unpaired) electrons. The molecule has 0 aromatic carbocycles. The fourth-order valence-electron chi connectivity index (χ4n) is 1.43. The van der Waals surface area contributed by atoms with Crippen LogP contribution in [0.15, 0.2) is 18.3 Å². The van der Waals surface area contributed by atoms with Crippen molar-refractivity contribution in [3.8, 4) is 0 Å². The Morgan fingerprint density at radius 1 is 1.38 bits per heavy atom. The lowest BCUT2D eigenvalue weighted by atomic mass is 10.3. The minimum Gasteiger partial charge on any atom is -0.309 e. The Morgan fingerprint density at radius 2 is 2.12 bits per heavy atom. The second kappa shape index (κ2) is 3.73. The summed E-state index contributed by atoms with van der Waals surface area (Å²) in [6.07, 6.45) is 1.57. The van der Waals surface area contributed by atoms with Gasteiger partial charge < -0.3 is 5.32 Å². The van der Waals surface area contributed by atoms with Crippen molar-refractivity contribution in [1.29, 1.82) is 0 Å². The smallest absolute Gasteiger partial charge is 0.245 e. The molecule has 82 valence electrons. The number of carbonyl (C=O) groups is 2. The lowest BCUT2D eigenvalue weighted by Gasteiger charge is -1.95. The van der Waals surface area contributed by atoms with Gasteiger partial charge in [0.2, 0.25) is 11.8 Å². The van der Waals surface area contributed by atoms with Gasteiger partial charge in [0, 0.05) is 20.0 Å². The summed E-state index contributed by atoms with van der Waals surface area (Å²) in [5, 5.41) is 7.21. The normalized spacial score (nSPS) is 10.4. The van der Waals surface area contributed by atoms with Gasteiger partial charge in [-0.1, -0.05) is 0 Å². The summed E-state index contributed by atoms with van der Waals surface area (Å²) in [5.41, 5.74) is 0.443. The molecule has 0 saturated carbocycles. The Morgan fingerprint density at radius 3 is 2.75 bits per heavy atom. The van der Waals surface area contributed by atoms with Gasteiger partial charge in [0.1, 0.15) is 0 Å². The standard InChI is InChI=1S/C10H10N4O2/c1-6(15)12-9-8-4-3-5-11-10(8)14(13-9)7(2)16/h3-5H,1-2H3,(H,12,13,15). The zero-order valence-electron chi connectivity index (χ0n) is 8.89. The molecule has 6 nitrogen and oxygen atoms in total. The van der Waals surface area contributed by atoms with E-state index in [2.05, 4.69) is 15.4 Å². The highest BCUT2D eigenvalue weighted by atomic mass is 16.2. The van der Waals surface area contributed by atoms with Gasteiger partial charge in [0.05, 0.1) is 5.39 Å². The molecule has 0 unspecified atom stereocenters. The van der Waals surface area contributed by atoms with Crippen LogP contribution in [0, 0.1) is 0 Å². The lowest BCUT2D eigenvalue weighted by molar-refractivity contribution is -0.114. The number of hydrogen-bond donors (Lipinski definition) is 1. The molecule has 6 heteroatoms. The number of amides is 1. The van der Waals surface area contributed by atoms with Gasteiger partial charge in [-0.25, -0.2) is 4.98 Å². The number of nitrogens with one attached hydrogen (secondary N) is 1. The van der Waals surface area contributed by atoms with Crippen molar-refractivity contribution in [3.05, 3.63) is 18.3 Å². The van der Waals surface area contributed by atoms with E-state index < -0.39 is 0 Å². The lowest BCUT2D eigenvalue weighted by Crippen LogP contribution is -2.10. The fraction of sp³-hybridized carbons (Fsp3) is 0.200. The first kappa shape index (κ1) is 10.3. The SMILES string of the molecule is CC(=O)Nc1nn(C(C)=O)c2ncccc12. The van der Waals surface area contributed by atoms with E-state index >= 15 is 0 Å². The van der Waals surface area contributed by atoms with Crippen molar-refractivity contribution in [2.24, 2.45) is 0 Å². The van der Waals surface area contributed by atoms with E-state index in [-0.39, 0.29) is 11.8 Å². The van der Waals surface area contributed by atoms with Gasteiger partial charge in [0.25, 0.3) is 0 Å². The zero-order chi connectivity index (χ0) is 11.7. The minimum absolute atomic E-state index is 0.237. The van der Waals surface area contributed by atoms with E-state index in [1.54, 1.807) is 18.3 Å². The van der Waals surface area contributed by atoms with Crippen LogP contribution in [0.4, 0.5) is 5.82 Å². The third-order valence-electron chi connectivity index (χ3n) is 2.04. The Kier molecular flexibility index (Phi) is 2.40. The molecule has 0 saturated heterocycles. The molecule has 0 aliphatic heterocycles. The second-order valence-electron chi connectivity index (χ2n) is 3.34. The van der Waals surface area contributed by atoms with Crippen molar-refractivity contribution in [1.82, 2.24) is 14.8 Å². The number of nitrogens with zero attached hydrogens (tertiary/aromatic N) is 3. The molecule has 0 spiro atoms. The first-order valence-corrected chi connectivity index (χ1v) is 4.72. The van der Waals surface area contributed by atoms with E-state index in [1.807, 2.05) is 0 Å². The fourth-order valence-corrected chi connectivity index (χ4v) is 1.43. The Bertz CT molecular complexity index is 573. The molecular formula is C10H10N4O2. The predicted octanol–water partition coefficient (Wildman–Crippen LogP) is 1.05. The molecule has 1 amide bonds. The van der Waals surface area contributed by atoms with Crippen LogP contribution in [0.1, 0.15) is 18.6 Å². The molecular weight excluding hydrogens is 208 g/mol. The van der Waals surface area contributed by atoms with Crippen molar-refractivity contribution in [3.63, 3.8) is 0 Å². The summed E-state index contributed by atoms with van der Waals surface area (Å²) in [7, 11) is 0. The number of pyridine rings is 1. The number of aromatic nitrogens is 3. The van der Waals surface area contributed by atoms with Crippen LogP contribution in [0.5, 0.6) is 0 Å². The van der Waals surface area contributed by atoms with Crippen molar-refractivity contribution in [2.45, 2.75) is 13.8 Å². The summed E-state index contributed by atoms with van der Waals surface area (Å²) in [4.78, 5) is 26.3. The molecule has 2 aromatic heterocycles. The highest BCUT2D eigenvalue weighted by Gasteiger charge is 2.14. The monoisotopic (exact) mass is 218 g/mol. The number of fused-ring (bicyclic) bond motifs is 1.